The lowest BCUT2D eigenvalue weighted by atomic mass is 10.0. The highest BCUT2D eigenvalue weighted by molar-refractivity contribution is 5.99. The quantitative estimate of drug-likeness (QED) is 0.338. The number of hydrogen-bond acceptors (Lipinski definition) is 4. The third-order valence-electron chi connectivity index (χ3n) is 5.49. The molecule has 0 aliphatic carbocycles. The molecule has 0 aromatic carbocycles. The fourth-order valence-corrected chi connectivity index (χ4v) is 3.80. The number of allylic oxidation sites excluding steroid dienone is 6. The van der Waals surface area contributed by atoms with E-state index < -0.39 is 24.0 Å². The first kappa shape index (κ1) is 27.3. The Morgan fingerprint density at radius 1 is 1.38 bits per heavy atom. The second kappa shape index (κ2) is 12.0. The summed E-state index contributed by atoms with van der Waals surface area (Å²) >= 11 is 0. The highest BCUT2D eigenvalue weighted by Crippen LogP contribution is 2.37. The van der Waals surface area contributed by atoms with Crippen LogP contribution in [0.3, 0.4) is 0 Å². The lowest BCUT2D eigenvalue weighted by molar-refractivity contribution is -0.179. The average Bonchev–Trinajstić information content (AvgIpc) is 2.94. The van der Waals surface area contributed by atoms with E-state index in [1.165, 1.54) is 42.6 Å². The molecular formula is C25H32F4N4O. The third kappa shape index (κ3) is 6.56. The summed E-state index contributed by atoms with van der Waals surface area (Å²) in [6.45, 7) is 9.16. The van der Waals surface area contributed by atoms with Crippen LogP contribution < -0.4 is 5.32 Å². The van der Waals surface area contributed by atoms with E-state index in [0.717, 1.165) is 17.9 Å². The van der Waals surface area contributed by atoms with E-state index in [2.05, 4.69) is 16.9 Å². The maximum Gasteiger partial charge on any atom is 0.409 e. The number of nitrogens with zero attached hydrogens (tertiary/aromatic N) is 3. The van der Waals surface area contributed by atoms with Gasteiger partial charge in [-0.05, 0) is 49.5 Å². The summed E-state index contributed by atoms with van der Waals surface area (Å²) in [5.74, 6) is -0.988. The van der Waals surface area contributed by atoms with E-state index in [-0.39, 0.29) is 29.4 Å². The summed E-state index contributed by atoms with van der Waals surface area (Å²) in [4.78, 5) is 17.1. The maximum absolute atomic E-state index is 14.2. The smallest absolute Gasteiger partial charge is 0.320 e. The number of likely N-dealkylation sites (N-methyl/N-ethyl adjacent to an activating group) is 1. The van der Waals surface area contributed by atoms with Crippen LogP contribution in [-0.4, -0.2) is 41.0 Å². The Morgan fingerprint density at radius 3 is 2.68 bits per heavy atom. The molecule has 0 aromatic heterocycles. The van der Waals surface area contributed by atoms with Crippen molar-refractivity contribution in [1.29, 1.82) is 0 Å². The highest BCUT2D eigenvalue weighted by atomic mass is 19.4. The first-order valence-corrected chi connectivity index (χ1v) is 11.3. The minimum absolute atomic E-state index is 0.0221. The Balaban J connectivity index is 2.35. The molecule has 0 radical (unpaired) electrons. The molecule has 34 heavy (non-hydrogen) atoms. The van der Waals surface area contributed by atoms with Crippen molar-refractivity contribution in [1.82, 2.24) is 15.3 Å². The van der Waals surface area contributed by atoms with E-state index in [4.69, 9.17) is 0 Å². The monoisotopic (exact) mass is 480 g/mol. The van der Waals surface area contributed by atoms with Gasteiger partial charge in [-0.15, -0.1) is 0 Å². The normalized spacial score (nSPS) is 21.0. The van der Waals surface area contributed by atoms with Gasteiger partial charge in [-0.2, -0.15) is 13.2 Å². The summed E-state index contributed by atoms with van der Waals surface area (Å²) in [6, 6.07) is -1.77. The first-order chi connectivity index (χ1) is 16.0. The average molecular weight is 481 g/mol. The molecule has 1 amide bonds. The van der Waals surface area contributed by atoms with E-state index in [1.807, 2.05) is 13.8 Å². The predicted molar refractivity (Wildman–Crippen MR) is 127 cm³/mol. The fourth-order valence-electron chi connectivity index (χ4n) is 3.80. The molecule has 0 bridgehead atoms. The number of carbonyl (C=O) groups is 1. The van der Waals surface area contributed by atoms with E-state index >= 15 is 0 Å². The SMILES string of the molecule is C=C/C=C(NC(=O)C1=CN=C(N2C(C(C)CCC)=CC(C(F)(F)F)N2C)C=CC1)\C(F)=C/CC. The van der Waals surface area contributed by atoms with Crippen LogP contribution in [-0.2, 0) is 4.79 Å². The van der Waals surface area contributed by atoms with E-state index in [9.17, 15) is 22.4 Å². The molecule has 2 atom stereocenters. The van der Waals surface area contributed by atoms with Gasteiger partial charge in [-0.25, -0.2) is 14.4 Å². The van der Waals surface area contributed by atoms with Crippen LogP contribution in [0.5, 0.6) is 0 Å². The Hall–Kier alpha value is -2.94. The molecular weight excluding hydrogens is 448 g/mol. The molecule has 0 saturated heterocycles. The van der Waals surface area contributed by atoms with Crippen LogP contribution in [0, 0.1) is 5.92 Å². The molecule has 0 saturated carbocycles. The van der Waals surface area contributed by atoms with Gasteiger partial charge < -0.3 is 5.32 Å². The highest BCUT2D eigenvalue weighted by Gasteiger charge is 2.48. The molecule has 2 aliphatic heterocycles. The van der Waals surface area contributed by atoms with Crippen molar-refractivity contribution in [3.8, 4) is 0 Å². The molecule has 186 valence electrons. The van der Waals surface area contributed by atoms with Gasteiger partial charge >= 0.3 is 6.18 Å². The number of rotatable bonds is 8. The van der Waals surface area contributed by atoms with Crippen LogP contribution in [0.15, 0.2) is 77.0 Å². The number of hydrogen-bond donors (Lipinski definition) is 1. The van der Waals surface area contributed by atoms with Gasteiger partial charge in [0.2, 0.25) is 0 Å². The molecule has 2 rings (SSSR count). The van der Waals surface area contributed by atoms with Crippen molar-refractivity contribution in [3.05, 3.63) is 72.0 Å². The van der Waals surface area contributed by atoms with Crippen LogP contribution in [0.4, 0.5) is 17.6 Å². The predicted octanol–water partition coefficient (Wildman–Crippen LogP) is 6.09. The number of amides is 1. The Labute approximate surface area is 198 Å². The number of alkyl halides is 3. The van der Waals surface area contributed by atoms with Gasteiger partial charge in [0, 0.05) is 24.5 Å². The number of carbonyl (C=O) groups excluding carboxylic acids is 1. The van der Waals surface area contributed by atoms with Crippen LogP contribution in [0.1, 0.15) is 46.5 Å². The fraction of sp³-hybridized carbons (Fsp3) is 0.440. The van der Waals surface area contributed by atoms with Gasteiger partial charge in [-0.3, -0.25) is 9.80 Å². The summed E-state index contributed by atoms with van der Waals surface area (Å²) in [6.07, 6.45) is 7.57. The van der Waals surface area contributed by atoms with Crippen LogP contribution >= 0.6 is 0 Å². The number of halogens is 4. The zero-order chi connectivity index (χ0) is 25.5. The molecule has 2 unspecified atom stereocenters. The van der Waals surface area contributed by atoms with Crippen molar-refractivity contribution in [2.75, 3.05) is 7.05 Å². The van der Waals surface area contributed by atoms with Crippen molar-refractivity contribution < 1.29 is 22.4 Å². The summed E-state index contributed by atoms with van der Waals surface area (Å²) in [7, 11) is 1.37. The molecule has 1 N–H and O–H groups in total. The number of aliphatic imine (C=N–C) groups is 1. The maximum atomic E-state index is 14.2. The largest absolute Gasteiger partial charge is 0.409 e. The van der Waals surface area contributed by atoms with Gasteiger partial charge in [0.15, 0.2) is 0 Å². The molecule has 0 spiro atoms. The first-order valence-electron chi connectivity index (χ1n) is 11.3. The minimum Gasteiger partial charge on any atom is -0.320 e. The summed E-state index contributed by atoms with van der Waals surface area (Å²) in [5.41, 5.74) is 0.734. The van der Waals surface area contributed by atoms with E-state index in [1.54, 1.807) is 19.1 Å². The van der Waals surface area contributed by atoms with Crippen molar-refractivity contribution in [2.24, 2.45) is 10.9 Å². The topological polar surface area (TPSA) is 47.9 Å². The van der Waals surface area contributed by atoms with Crippen molar-refractivity contribution in [2.45, 2.75) is 58.7 Å². The van der Waals surface area contributed by atoms with Crippen molar-refractivity contribution in [3.63, 3.8) is 0 Å². The Kier molecular flexibility index (Phi) is 9.61. The zero-order valence-corrected chi connectivity index (χ0v) is 20.0. The number of amidine groups is 1. The molecule has 2 aliphatic rings. The number of nitrogens with one attached hydrogen (secondary N) is 1. The second-order valence-electron chi connectivity index (χ2n) is 8.13. The molecule has 0 aromatic rings. The minimum atomic E-state index is -4.44. The van der Waals surface area contributed by atoms with Gasteiger partial charge in [0.05, 0.1) is 5.70 Å². The van der Waals surface area contributed by atoms with E-state index in [0.29, 0.717) is 12.1 Å². The summed E-state index contributed by atoms with van der Waals surface area (Å²) in [5, 5.41) is 5.08. The molecule has 0 fully saturated rings. The zero-order valence-electron chi connectivity index (χ0n) is 20.0. The van der Waals surface area contributed by atoms with Gasteiger partial charge in [0.1, 0.15) is 17.7 Å². The molecule has 2 heterocycles. The lowest BCUT2D eigenvalue weighted by Crippen LogP contribution is -2.48. The lowest BCUT2D eigenvalue weighted by Gasteiger charge is -2.34. The second-order valence-corrected chi connectivity index (χ2v) is 8.13. The standard InChI is InChI=1S/C25H32F4N4O/c1-6-10-17(4)21-15-22(25(27,28)29)32(5)33(21)23-14-9-13-18(16-30-23)24(34)31-20(12-8-3)19(26)11-7-2/h8-9,11-12,14-17,22H,3,6-7,10,13H2,1-2,4-5H3,(H,31,34)/b19-11+,20-12+. The van der Waals surface area contributed by atoms with Crippen LogP contribution in [0.2, 0.25) is 0 Å². The van der Waals surface area contributed by atoms with Crippen LogP contribution in [0.25, 0.3) is 0 Å². The Bertz CT molecular complexity index is 956. The molecule has 5 nitrogen and oxygen atoms in total. The summed E-state index contributed by atoms with van der Waals surface area (Å²) < 4.78 is 55.2. The van der Waals surface area contributed by atoms with Gasteiger partial charge in [0.25, 0.3) is 5.91 Å². The Morgan fingerprint density at radius 2 is 2.09 bits per heavy atom. The van der Waals surface area contributed by atoms with Gasteiger partial charge in [-0.1, -0.05) is 45.9 Å². The van der Waals surface area contributed by atoms with Crippen molar-refractivity contribution >= 4 is 11.7 Å². The molecule has 9 heteroatoms. The number of hydrazine groups is 1. The third-order valence-corrected chi connectivity index (χ3v) is 5.49.